The normalized spacial score (nSPS) is 23.7. The number of nitrogens with one attached hydrogen (secondary N) is 1. The van der Waals surface area contributed by atoms with E-state index in [9.17, 15) is 14.4 Å². The van der Waals surface area contributed by atoms with Crippen LogP contribution in [-0.4, -0.2) is 64.4 Å². The number of nitrogens with two attached hydrogens (primary N) is 1. The van der Waals surface area contributed by atoms with Gasteiger partial charge in [-0.3, -0.25) is 14.9 Å². The smallest absolute Gasteiger partial charge is 0.325 e. The molecule has 1 fully saturated rings. The monoisotopic (exact) mass is 341 g/mol. The number of thioether (sulfide) groups is 1. The number of carbonyl (C=O) groups is 3. The van der Waals surface area contributed by atoms with E-state index in [-0.39, 0.29) is 11.7 Å². The Morgan fingerprint density at radius 2 is 2.09 bits per heavy atom. The average molecular weight is 341 g/mol. The van der Waals surface area contributed by atoms with Gasteiger partial charge in [-0.05, 0) is 6.42 Å². The molecule has 1 saturated heterocycles. The van der Waals surface area contributed by atoms with Crippen LogP contribution in [0, 0.1) is 0 Å². The lowest BCUT2D eigenvalue weighted by atomic mass is 10.1. The van der Waals surface area contributed by atoms with Crippen LogP contribution in [0.5, 0.6) is 0 Å². The maximum absolute atomic E-state index is 12.2. The number of fused-ring (bicyclic) bond motifs is 1. The van der Waals surface area contributed by atoms with E-state index in [1.54, 1.807) is 7.05 Å². The molecule has 128 valence electrons. The van der Waals surface area contributed by atoms with E-state index in [0.717, 1.165) is 25.7 Å². The van der Waals surface area contributed by atoms with Gasteiger partial charge in [-0.1, -0.05) is 37.9 Å². The Balaban J connectivity index is 2.13. The van der Waals surface area contributed by atoms with Crippen molar-refractivity contribution in [2.75, 3.05) is 19.3 Å². The second-order valence-corrected chi connectivity index (χ2v) is 6.63. The number of primary amides is 1. The van der Waals surface area contributed by atoms with E-state index in [0.29, 0.717) is 11.7 Å². The van der Waals surface area contributed by atoms with Crippen molar-refractivity contribution in [3.63, 3.8) is 0 Å². The molecule has 0 aromatic rings. The standard InChI is InChI=1S/C14H23N5O3S/c1-3-4-5-6-7-19-10-11(16-14(19)23-8-9(15)20)18(2)13(22)17-12(10)21/h10-11H,3-8H2,1-2H3,(H2,15,20)(H,17,21,22). The van der Waals surface area contributed by atoms with Gasteiger partial charge in [0.25, 0.3) is 5.91 Å². The largest absolute Gasteiger partial charge is 0.369 e. The molecule has 0 spiro atoms. The van der Waals surface area contributed by atoms with Crippen LogP contribution < -0.4 is 11.1 Å². The molecule has 4 amide bonds. The summed E-state index contributed by atoms with van der Waals surface area (Å²) in [6.07, 6.45) is 3.71. The van der Waals surface area contributed by atoms with Crippen LogP contribution in [0.15, 0.2) is 4.99 Å². The summed E-state index contributed by atoms with van der Waals surface area (Å²) in [7, 11) is 1.61. The molecule has 2 aliphatic rings. The van der Waals surface area contributed by atoms with Crippen LogP contribution in [-0.2, 0) is 9.59 Å². The fourth-order valence-corrected chi connectivity index (χ4v) is 3.52. The second-order valence-electron chi connectivity index (χ2n) is 5.68. The van der Waals surface area contributed by atoms with Gasteiger partial charge in [0.1, 0.15) is 0 Å². The summed E-state index contributed by atoms with van der Waals surface area (Å²) in [5.41, 5.74) is 5.20. The van der Waals surface area contributed by atoms with Gasteiger partial charge in [-0.25, -0.2) is 9.79 Å². The average Bonchev–Trinajstić information content (AvgIpc) is 2.86. The molecular weight excluding hydrogens is 318 g/mol. The van der Waals surface area contributed by atoms with Crippen LogP contribution in [0.2, 0.25) is 0 Å². The number of hydrogen-bond donors (Lipinski definition) is 2. The highest BCUT2D eigenvalue weighted by Crippen LogP contribution is 2.28. The van der Waals surface area contributed by atoms with Crippen molar-refractivity contribution < 1.29 is 14.4 Å². The molecule has 2 atom stereocenters. The van der Waals surface area contributed by atoms with Crippen molar-refractivity contribution in [2.45, 2.75) is 44.8 Å². The zero-order valence-electron chi connectivity index (χ0n) is 13.4. The Bertz CT molecular complexity index is 525. The SMILES string of the molecule is CCCCCCN1C(SCC(N)=O)=NC2C1C(=O)NC(=O)N2C. The fraction of sp³-hybridized carbons (Fsp3) is 0.714. The van der Waals surface area contributed by atoms with Gasteiger partial charge in [-0.15, -0.1) is 0 Å². The molecular formula is C14H23N5O3S. The molecule has 0 aliphatic carbocycles. The topological polar surface area (TPSA) is 108 Å². The third-order valence-corrected chi connectivity index (χ3v) is 4.95. The summed E-state index contributed by atoms with van der Waals surface area (Å²) < 4.78 is 0. The zero-order valence-corrected chi connectivity index (χ0v) is 14.3. The van der Waals surface area contributed by atoms with Crippen molar-refractivity contribution in [3.8, 4) is 0 Å². The van der Waals surface area contributed by atoms with E-state index in [2.05, 4.69) is 17.2 Å². The second kappa shape index (κ2) is 7.67. The van der Waals surface area contributed by atoms with E-state index in [1.165, 1.54) is 16.7 Å². The number of amidine groups is 1. The van der Waals surface area contributed by atoms with Crippen LogP contribution >= 0.6 is 11.8 Å². The van der Waals surface area contributed by atoms with Crippen molar-refractivity contribution >= 4 is 34.8 Å². The Kier molecular flexibility index (Phi) is 5.86. The van der Waals surface area contributed by atoms with Gasteiger partial charge < -0.3 is 15.5 Å². The number of carbonyl (C=O) groups excluding carboxylic acids is 3. The molecule has 9 heteroatoms. The lowest BCUT2D eigenvalue weighted by Crippen LogP contribution is -2.63. The summed E-state index contributed by atoms with van der Waals surface area (Å²) in [6.45, 7) is 2.80. The predicted octanol–water partition coefficient (Wildman–Crippen LogP) is 0.333. The number of hydrogen-bond acceptors (Lipinski definition) is 6. The van der Waals surface area contributed by atoms with Gasteiger partial charge in [0.05, 0.1) is 5.75 Å². The third-order valence-electron chi connectivity index (χ3n) is 3.92. The zero-order chi connectivity index (χ0) is 17.0. The highest BCUT2D eigenvalue weighted by Gasteiger charge is 2.48. The molecule has 0 saturated carbocycles. The van der Waals surface area contributed by atoms with E-state index in [4.69, 9.17) is 5.73 Å². The third kappa shape index (κ3) is 3.95. The maximum atomic E-state index is 12.2. The number of unbranched alkanes of at least 4 members (excludes halogenated alkanes) is 3. The van der Waals surface area contributed by atoms with Crippen molar-refractivity contribution in [1.29, 1.82) is 0 Å². The first-order chi connectivity index (χ1) is 11.0. The van der Waals surface area contributed by atoms with Gasteiger partial charge in [0.15, 0.2) is 17.4 Å². The summed E-state index contributed by atoms with van der Waals surface area (Å²) in [4.78, 5) is 42.8. The molecule has 3 N–H and O–H groups in total. The maximum Gasteiger partial charge on any atom is 0.325 e. The summed E-state index contributed by atoms with van der Waals surface area (Å²) in [5, 5.41) is 2.95. The number of aliphatic imine (C=N–C) groups is 1. The fourth-order valence-electron chi connectivity index (χ4n) is 2.70. The van der Waals surface area contributed by atoms with Gasteiger partial charge in [0, 0.05) is 13.6 Å². The summed E-state index contributed by atoms with van der Waals surface area (Å²) >= 11 is 1.22. The highest BCUT2D eigenvalue weighted by molar-refractivity contribution is 8.14. The molecule has 2 unspecified atom stereocenters. The lowest BCUT2D eigenvalue weighted by molar-refractivity contribution is -0.127. The van der Waals surface area contributed by atoms with Crippen molar-refractivity contribution in [1.82, 2.24) is 15.1 Å². The Morgan fingerprint density at radius 1 is 1.35 bits per heavy atom. The van der Waals surface area contributed by atoms with Crippen LogP contribution in [0.25, 0.3) is 0 Å². The van der Waals surface area contributed by atoms with Gasteiger partial charge in [-0.2, -0.15) is 0 Å². The minimum atomic E-state index is -0.544. The Labute approximate surface area is 139 Å². The highest BCUT2D eigenvalue weighted by atomic mass is 32.2. The summed E-state index contributed by atoms with van der Waals surface area (Å²) in [5.74, 6) is -0.678. The number of rotatable bonds is 7. The lowest BCUT2D eigenvalue weighted by Gasteiger charge is -2.36. The quantitative estimate of drug-likeness (QED) is 0.649. The van der Waals surface area contributed by atoms with Crippen LogP contribution in [0.3, 0.4) is 0 Å². The molecule has 0 bridgehead atoms. The minimum absolute atomic E-state index is 0.100. The Morgan fingerprint density at radius 3 is 2.74 bits per heavy atom. The first-order valence-electron chi connectivity index (χ1n) is 7.79. The number of urea groups is 1. The molecule has 2 rings (SSSR count). The van der Waals surface area contributed by atoms with Gasteiger partial charge >= 0.3 is 6.03 Å². The minimum Gasteiger partial charge on any atom is -0.369 e. The summed E-state index contributed by atoms with van der Waals surface area (Å²) in [6, 6.07) is -0.984. The van der Waals surface area contributed by atoms with Crippen LogP contribution in [0.4, 0.5) is 4.79 Å². The number of imide groups is 1. The first-order valence-corrected chi connectivity index (χ1v) is 8.77. The van der Waals surface area contributed by atoms with E-state index >= 15 is 0 Å². The molecule has 2 heterocycles. The predicted molar refractivity (Wildman–Crippen MR) is 88.8 cm³/mol. The van der Waals surface area contributed by atoms with Crippen LogP contribution in [0.1, 0.15) is 32.6 Å². The molecule has 8 nitrogen and oxygen atoms in total. The van der Waals surface area contributed by atoms with E-state index < -0.39 is 24.1 Å². The van der Waals surface area contributed by atoms with Crippen molar-refractivity contribution in [3.05, 3.63) is 0 Å². The molecule has 2 aliphatic heterocycles. The number of nitrogens with zero attached hydrogens (tertiary/aromatic N) is 3. The van der Waals surface area contributed by atoms with Gasteiger partial charge in [0.2, 0.25) is 5.91 Å². The number of likely N-dealkylation sites (N-methyl/N-ethyl adjacent to an activating group) is 1. The molecule has 23 heavy (non-hydrogen) atoms. The van der Waals surface area contributed by atoms with Crippen molar-refractivity contribution in [2.24, 2.45) is 10.7 Å². The molecule has 0 radical (unpaired) electrons. The molecule has 0 aromatic carbocycles. The van der Waals surface area contributed by atoms with E-state index in [1.807, 2.05) is 4.90 Å². The molecule has 0 aromatic heterocycles. The number of amides is 4. The Hall–Kier alpha value is -1.77. The first kappa shape index (κ1) is 17.6.